The number of hydrogen-bond donors (Lipinski definition) is 2. The Hall–Kier alpha value is -2.50. The lowest BCUT2D eigenvalue weighted by Crippen LogP contribution is -2.35. The molecule has 0 spiro atoms. The number of rotatable bonds is 8. The lowest BCUT2D eigenvalue weighted by atomic mass is 10.0. The fourth-order valence-electron chi connectivity index (χ4n) is 2.84. The van der Waals surface area contributed by atoms with Gasteiger partial charge < -0.3 is 5.32 Å². The van der Waals surface area contributed by atoms with E-state index in [1.165, 1.54) is 22.6 Å². The van der Waals surface area contributed by atoms with Gasteiger partial charge >= 0.3 is 0 Å². The molecule has 2 aromatic carbocycles. The summed E-state index contributed by atoms with van der Waals surface area (Å²) in [5.41, 5.74) is 3.30. The van der Waals surface area contributed by atoms with Crippen LogP contribution in [0, 0.1) is 5.82 Å². The maximum absolute atomic E-state index is 12.9. The molecular weight excluding hydrogens is 359 g/mol. The van der Waals surface area contributed by atoms with Crippen LogP contribution in [0.5, 0.6) is 0 Å². The molecule has 0 aliphatic heterocycles. The summed E-state index contributed by atoms with van der Waals surface area (Å²) < 4.78 is 12.9. The highest BCUT2D eigenvalue weighted by molar-refractivity contribution is 7.10. The normalized spacial score (nSPS) is 11.9. The molecule has 2 N–H and O–H groups in total. The van der Waals surface area contributed by atoms with Gasteiger partial charge in [-0.3, -0.25) is 10.1 Å². The van der Waals surface area contributed by atoms with Crippen LogP contribution in [0.15, 0.2) is 66.0 Å². The lowest BCUT2D eigenvalue weighted by Gasteiger charge is -2.18. The Bertz CT molecular complexity index is 845. The highest BCUT2D eigenvalue weighted by Crippen LogP contribution is 2.26. The van der Waals surface area contributed by atoms with Gasteiger partial charge in [-0.2, -0.15) is 0 Å². The molecule has 3 aromatic rings. The van der Waals surface area contributed by atoms with Crippen LogP contribution in [0.1, 0.15) is 34.5 Å². The third kappa shape index (κ3) is 5.49. The first-order chi connectivity index (χ1) is 13.2. The second-order valence-electron chi connectivity index (χ2n) is 6.33. The van der Waals surface area contributed by atoms with Crippen molar-refractivity contribution in [1.82, 2.24) is 10.6 Å². The zero-order valence-corrected chi connectivity index (χ0v) is 16.1. The SMILES string of the molecule is CCc1ccc([C@@H](NCC(=O)NCc2ccc(F)cc2)c2cccs2)cc1. The smallest absolute Gasteiger partial charge is 0.234 e. The Kier molecular flexibility index (Phi) is 6.74. The number of carbonyl (C=O) groups is 1. The van der Waals surface area contributed by atoms with E-state index in [2.05, 4.69) is 47.9 Å². The number of amides is 1. The molecule has 1 atom stereocenters. The molecule has 3 rings (SSSR count). The standard InChI is InChI=1S/C22H23FN2OS/c1-2-16-5-9-18(10-6-16)22(20-4-3-13-27-20)25-15-21(26)24-14-17-7-11-19(23)12-8-17/h3-13,22,25H,2,14-15H2,1H3,(H,24,26)/t22-/m1/s1. The number of carbonyl (C=O) groups excluding carboxylic acids is 1. The predicted octanol–water partition coefficient (Wildman–Crippen LogP) is 4.45. The van der Waals surface area contributed by atoms with Crippen LogP contribution in [0.4, 0.5) is 4.39 Å². The largest absolute Gasteiger partial charge is 0.351 e. The highest BCUT2D eigenvalue weighted by Gasteiger charge is 2.16. The lowest BCUT2D eigenvalue weighted by molar-refractivity contribution is -0.120. The third-order valence-electron chi connectivity index (χ3n) is 4.42. The molecule has 0 fully saturated rings. The van der Waals surface area contributed by atoms with E-state index in [-0.39, 0.29) is 24.3 Å². The van der Waals surface area contributed by atoms with E-state index in [0.717, 1.165) is 17.5 Å². The first-order valence-electron chi connectivity index (χ1n) is 9.02. The van der Waals surface area contributed by atoms with Gasteiger partial charge in [-0.05, 0) is 46.7 Å². The first kappa shape index (κ1) is 19.3. The van der Waals surface area contributed by atoms with Crippen LogP contribution in [-0.2, 0) is 17.8 Å². The van der Waals surface area contributed by atoms with Crippen molar-refractivity contribution in [1.29, 1.82) is 0 Å². The van der Waals surface area contributed by atoms with Crippen LogP contribution in [0.2, 0.25) is 0 Å². The van der Waals surface area contributed by atoms with Crippen molar-refractivity contribution in [2.24, 2.45) is 0 Å². The summed E-state index contributed by atoms with van der Waals surface area (Å²) in [5, 5.41) is 8.27. The quantitative estimate of drug-likeness (QED) is 0.605. The van der Waals surface area contributed by atoms with Crippen molar-refractivity contribution in [3.8, 4) is 0 Å². The average Bonchev–Trinajstić information content (AvgIpc) is 3.23. The van der Waals surface area contributed by atoms with Gasteiger partial charge in [0.25, 0.3) is 0 Å². The van der Waals surface area contributed by atoms with Crippen LogP contribution < -0.4 is 10.6 Å². The number of nitrogens with one attached hydrogen (secondary N) is 2. The minimum atomic E-state index is -0.278. The molecule has 0 aliphatic rings. The van der Waals surface area contributed by atoms with Gasteiger partial charge in [0, 0.05) is 11.4 Å². The summed E-state index contributed by atoms with van der Waals surface area (Å²) in [6.45, 7) is 2.73. The predicted molar refractivity (Wildman–Crippen MR) is 108 cm³/mol. The number of halogens is 1. The molecular formula is C22H23FN2OS. The van der Waals surface area contributed by atoms with Crippen molar-refractivity contribution >= 4 is 17.2 Å². The molecule has 3 nitrogen and oxygen atoms in total. The van der Waals surface area contributed by atoms with Crippen LogP contribution in [-0.4, -0.2) is 12.5 Å². The van der Waals surface area contributed by atoms with E-state index in [4.69, 9.17) is 0 Å². The average molecular weight is 383 g/mol. The Balaban J connectivity index is 1.60. The molecule has 0 radical (unpaired) electrons. The Morgan fingerprint density at radius 1 is 1.04 bits per heavy atom. The molecule has 0 bridgehead atoms. The van der Waals surface area contributed by atoms with E-state index < -0.39 is 0 Å². The third-order valence-corrected chi connectivity index (χ3v) is 5.36. The molecule has 0 saturated heterocycles. The Morgan fingerprint density at radius 2 is 1.74 bits per heavy atom. The van der Waals surface area contributed by atoms with E-state index >= 15 is 0 Å². The summed E-state index contributed by atoms with van der Waals surface area (Å²) in [6, 6.07) is 18.7. The molecule has 0 unspecified atom stereocenters. The van der Waals surface area contributed by atoms with Gasteiger partial charge in [-0.15, -0.1) is 11.3 Å². The van der Waals surface area contributed by atoms with Gasteiger partial charge in [-0.25, -0.2) is 4.39 Å². The second-order valence-corrected chi connectivity index (χ2v) is 7.31. The number of aryl methyl sites for hydroxylation is 1. The fraction of sp³-hybridized carbons (Fsp3) is 0.227. The molecule has 0 aliphatic carbocycles. The van der Waals surface area contributed by atoms with Crippen molar-refractivity contribution in [2.45, 2.75) is 25.9 Å². The summed E-state index contributed by atoms with van der Waals surface area (Å²) in [7, 11) is 0. The number of hydrogen-bond acceptors (Lipinski definition) is 3. The molecule has 1 heterocycles. The summed E-state index contributed by atoms with van der Waals surface area (Å²) in [4.78, 5) is 13.4. The zero-order valence-electron chi connectivity index (χ0n) is 15.2. The second kappa shape index (κ2) is 9.44. The van der Waals surface area contributed by atoms with Crippen molar-refractivity contribution in [3.63, 3.8) is 0 Å². The first-order valence-corrected chi connectivity index (χ1v) is 9.90. The molecule has 140 valence electrons. The van der Waals surface area contributed by atoms with Crippen LogP contribution in [0.25, 0.3) is 0 Å². The summed E-state index contributed by atoms with van der Waals surface area (Å²) in [6.07, 6.45) is 1.00. The van der Waals surface area contributed by atoms with Crippen molar-refractivity contribution in [2.75, 3.05) is 6.54 Å². The van der Waals surface area contributed by atoms with E-state index in [1.807, 2.05) is 11.4 Å². The summed E-state index contributed by atoms with van der Waals surface area (Å²) in [5.74, 6) is -0.370. The Labute approximate surface area is 163 Å². The highest BCUT2D eigenvalue weighted by atomic mass is 32.1. The maximum atomic E-state index is 12.9. The van der Waals surface area contributed by atoms with Crippen molar-refractivity contribution < 1.29 is 9.18 Å². The van der Waals surface area contributed by atoms with Gasteiger partial charge in [0.1, 0.15) is 5.82 Å². The van der Waals surface area contributed by atoms with E-state index in [9.17, 15) is 9.18 Å². The zero-order chi connectivity index (χ0) is 19.1. The van der Waals surface area contributed by atoms with Gasteiger partial charge in [0.15, 0.2) is 0 Å². The molecule has 1 amide bonds. The minimum Gasteiger partial charge on any atom is -0.351 e. The molecule has 0 saturated carbocycles. The molecule has 1 aromatic heterocycles. The van der Waals surface area contributed by atoms with Gasteiger partial charge in [-0.1, -0.05) is 49.4 Å². The molecule has 27 heavy (non-hydrogen) atoms. The fourth-order valence-corrected chi connectivity index (χ4v) is 3.67. The molecule has 5 heteroatoms. The van der Waals surface area contributed by atoms with Crippen molar-refractivity contribution in [3.05, 3.63) is 93.4 Å². The minimum absolute atomic E-state index is 0.0209. The van der Waals surface area contributed by atoms with Gasteiger partial charge in [0.2, 0.25) is 5.91 Å². The number of benzene rings is 2. The Morgan fingerprint density at radius 3 is 2.37 bits per heavy atom. The van der Waals surface area contributed by atoms with Crippen LogP contribution >= 0.6 is 11.3 Å². The van der Waals surface area contributed by atoms with E-state index in [0.29, 0.717) is 6.54 Å². The summed E-state index contributed by atoms with van der Waals surface area (Å²) >= 11 is 1.67. The number of thiophene rings is 1. The topological polar surface area (TPSA) is 41.1 Å². The van der Waals surface area contributed by atoms with E-state index in [1.54, 1.807) is 23.5 Å². The monoisotopic (exact) mass is 382 g/mol. The van der Waals surface area contributed by atoms with Crippen LogP contribution in [0.3, 0.4) is 0 Å². The maximum Gasteiger partial charge on any atom is 0.234 e. The van der Waals surface area contributed by atoms with Gasteiger partial charge in [0.05, 0.1) is 12.6 Å².